The van der Waals surface area contributed by atoms with E-state index in [1.54, 1.807) is 0 Å². The van der Waals surface area contributed by atoms with Crippen LogP contribution in [0.1, 0.15) is 39.5 Å². The minimum absolute atomic E-state index is 0.107. The molecule has 106 valence electrons. The van der Waals surface area contributed by atoms with Crippen LogP contribution in [-0.2, 0) is 20.3 Å². The van der Waals surface area contributed by atoms with E-state index in [1.807, 2.05) is 6.92 Å². The van der Waals surface area contributed by atoms with Crippen LogP contribution >= 0.6 is 0 Å². The lowest BCUT2D eigenvalue weighted by atomic mass is 9.88. The third kappa shape index (κ3) is 5.96. The van der Waals surface area contributed by atoms with Crippen LogP contribution in [0.25, 0.3) is 0 Å². The molecule has 4 nitrogen and oxygen atoms in total. The third-order valence-electron chi connectivity index (χ3n) is 3.40. The molecule has 1 saturated carbocycles. The highest BCUT2D eigenvalue weighted by atomic mass is 32.2. The average Bonchev–Trinajstić information content (AvgIpc) is 2.36. The van der Waals surface area contributed by atoms with Crippen LogP contribution in [0.15, 0.2) is 0 Å². The van der Waals surface area contributed by atoms with Gasteiger partial charge in [0.25, 0.3) is 0 Å². The SMILES string of the molecule is CC[S@](=O)CC(=O)NCCO[C@H]1CCCC[C@H]1C. The lowest BCUT2D eigenvalue weighted by Gasteiger charge is -2.28. The summed E-state index contributed by atoms with van der Waals surface area (Å²) >= 11 is 0. The monoisotopic (exact) mass is 275 g/mol. The standard InChI is InChI=1S/C13H25NO3S/c1-3-18(16)10-13(15)14-8-9-17-12-7-5-4-6-11(12)2/h11-12H,3-10H2,1-2H3,(H,14,15)/t11-,12+,18+/m1/s1. The van der Waals surface area contributed by atoms with E-state index in [2.05, 4.69) is 12.2 Å². The fourth-order valence-corrected chi connectivity index (χ4v) is 2.83. The highest BCUT2D eigenvalue weighted by Crippen LogP contribution is 2.25. The molecule has 1 fully saturated rings. The summed E-state index contributed by atoms with van der Waals surface area (Å²) < 4.78 is 17.0. The van der Waals surface area contributed by atoms with Gasteiger partial charge in [-0.1, -0.05) is 26.7 Å². The molecule has 0 radical (unpaired) electrons. The summed E-state index contributed by atoms with van der Waals surface area (Å²) in [7, 11) is -1.03. The van der Waals surface area contributed by atoms with E-state index in [0.29, 0.717) is 30.9 Å². The topological polar surface area (TPSA) is 55.4 Å². The number of carbonyl (C=O) groups excluding carboxylic acids is 1. The first-order chi connectivity index (χ1) is 8.63. The van der Waals surface area contributed by atoms with E-state index in [-0.39, 0.29) is 11.7 Å². The minimum Gasteiger partial charge on any atom is -0.376 e. The molecule has 0 aromatic rings. The van der Waals surface area contributed by atoms with Gasteiger partial charge in [0.2, 0.25) is 5.91 Å². The number of ether oxygens (including phenoxy) is 1. The number of nitrogens with one attached hydrogen (secondary N) is 1. The van der Waals surface area contributed by atoms with Crippen molar-refractivity contribution in [2.75, 3.05) is 24.7 Å². The Morgan fingerprint density at radius 2 is 2.11 bits per heavy atom. The van der Waals surface area contributed by atoms with Crippen LogP contribution in [-0.4, -0.2) is 40.9 Å². The summed E-state index contributed by atoms with van der Waals surface area (Å²) in [4.78, 5) is 11.4. The molecule has 0 aromatic heterocycles. The second kappa shape index (κ2) is 8.64. The largest absolute Gasteiger partial charge is 0.376 e. The number of hydrogen-bond acceptors (Lipinski definition) is 3. The molecule has 0 saturated heterocycles. The Morgan fingerprint density at radius 3 is 2.78 bits per heavy atom. The Kier molecular flexibility index (Phi) is 7.51. The van der Waals surface area contributed by atoms with Gasteiger partial charge >= 0.3 is 0 Å². The van der Waals surface area contributed by atoms with Gasteiger partial charge in [-0.3, -0.25) is 9.00 Å². The number of rotatable bonds is 7. The minimum atomic E-state index is -1.03. The average molecular weight is 275 g/mol. The summed E-state index contributed by atoms with van der Waals surface area (Å²) in [6, 6.07) is 0. The van der Waals surface area contributed by atoms with Crippen molar-refractivity contribution in [3.63, 3.8) is 0 Å². The van der Waals surface area contributed by atoms with Gasteiger partial charge in [-0.2, -0.15) is 0 Å². The molecule has 0 aliphatic heterocycles. The zero-order valence-corrected chi connectivity index (χ0v) is 12.3. The fourth-order valence-electron chi connectivity index (χ4n) is 2.23. The molecule has 0 bridgehead atoms. The fraction of sp³-hybridized carbons (Fsp3) is 0.923. The molecule has 1 amide bonds. The highest BCUT2D eigenvalue weighted by molar-refractivity contribution is 7.85. The molecule has 18 heavy (non-hydrogen) atoms. The van der Waals surface area contributed by atoms with Gasteiger partial charge in [-0.15, -0.1) is 0 Å². The van der Waals surface area contributed by atoms with Crippen LogP contribution in [0, 0.1) is 5.92 Å². The normalized spacial score (nSPS) is 25.7. The zero-order valence-electron chi connectivity index (χ0n) is 11.4. The lowest BCUT2D eigenvalue weighted by Crippen LogP contribution is -2.34. The quantitative estimate of drug-likeness (QED) is 0.716. The van der Waals surface area contributed by atoms with Gasteiger partial charge in [-0.05, 0) is 18.8 Å². The maximum absolute atomic E-state index is 11.4. The van der Waals surface area contributed by atoms with Crippen molar-refractivity contribution in [3.05, 3.63) is 0 Å². The second-order valence-corrected chi connectivity index (χ2v) is 6.64. The van der Waals surface area contributed by atoms with E-state index < -0.39 is 10.8 Å². The molecule has 3 atom stereocenters. The molecule has 1 N–H and O–H groups in total. The molecular formula is C13H25NO3S. The first kappa shape index (κ1) is 15.6. The van der Waals surface area contributed by atoms with E-state index in [1.165, 1.54) is 19.3 Å². The summed E-state index contributed by atoms with van der Waals surface area (Å²) in [5, 5.41) is 2.75. The molecule has 1 aliphatic carbocycles. The Hall–Kier alpha value is -0.420. The molecule has 0 heterocycles. The van der Waals surface area contributed by atoms with Crippen LogP contribution in [0.5, 0.6) is 0 Å². The van der Waals surface area contributed by atoms with Gasteiger partial charge in [0, 0.05) is 23.1 Å². The summed E-state index contributed by atoms with van der Waals surface area (Å²) in [6.45, 7) is 5.12. The molecule has 5 heteroatoms. The second-order valence-electron chi connectivity index (χ2n) is 4.89. The van der Waals surface area contributed by atoms with E-state index in [9.17, 15) is 9.00 Å². The maximum Gasteiger partial charge on any atom is 0.232 e. The van der Waals surface area contributed by atoms with E-state index >= 15 is 0 Å². The molecule has 1 rings (SSSR count). The Morgan fingerprint density at radius 1 is 1.39 bits per heavy atom. The van der Waals surface area contributed by atoms with Crippen molar-refractivity contribution >= 4 is 16.7 Å². The van der Waals surface area contributed by atoms with Crippen molar-refractivity contribution in [2.45, 2.75) is 45.6 Å². The Labute approximate surface area is 112 Å². The smallest absolute Gasteiger partial charge is 0.232 e. The lowest BCUT2D eigenvalue weighted by molar-refractivity contribution is -0.119. The van der Waals surface area contributed by atoms with Gasteiger partial charge < -0.3 is 10.1 Å². The number of carbonyl (C=O) groups is 1. The number of hydrogen-bond donors (Lipinski definition) is 1. The molecule has 0 spiro atoms. The first-order valence-corrected chi connectivity index (χ1v) is 8.35. The first-order valence-electron chi connectivity index (χ1n) is 6.86. The van der Waals surface area contributed by atoms with Crippen molar-refractivity contribution in [1.82, 2.24) is 5.32 Å². The van der Waals surface area contributed by atoms with Crippen molar-refractivity contribution in [2.24, 2.45) is 5.92 Å². The van der Waals surface area contributed by atoms with Crippen LogP contribution in [0.3, 0.4) is 0 Å². The van der Waals surface area contributed by atoms with Crippen molar-refractivity contribution in [1.29, 1.82) is 0 Å². The van der Waals surface area contributed by atoms with E-state index in [4.69, 9.17) is 4.74 Å². The van der Waals surface area contributed by atoms with Gasteiger partial charge in [0.15, 0.2) is 0 Å². The summed E-state index contributed by atoms with van der Waals surface area (Å²) in [5.41, 5.74) is 0. The Balaban J connectivity index is 2.07. The highest BCUT2D eigenvalue weighted by Gasteiger charge is 2.21. The molecule has 1 aliphatic rings. The van der Waals surface area contributed by atoms with Crippen LogP contribution < -0.4 is 5.32 Å². The zero-order chi connectivity index (χ0) is 13.4. The molecule has 0 unspecified atom stereocenters. The third-order valence-corrected chi connectivity index (χ3v) is 4.63. The summed E-state index contributed by atoms with van der Waals surface area (Å²) in [5.74, 6) is 1.12. The van der Waals surface area contributed by atoms with Crippen molar-refractivity contribution < 1.29 is 13.7 Å². The molecule has 0 aromatic carbocycles. The predicted octanol–water partition coefficient (Wildman–Crippen LogP) is 1.47. The van der Waals surface area contributed by atoms with Crippen molar-refractivity contribution in [3.8, 4) is 0 Å². The van der Waals surface area contributed by atoms with Gasteiger partial charge in [0.05, 0.1) is 12.7 Å². The maximum atomic E-state index is 11.4. The summed E-state index contributed by atoms with van der Waals surface area (Å²) in [6.07, 6.45) is 5.28. The van der Waals surface area contributed by atoms with E-state index in [0.717, 1.165) is 6.42 Å². The van der Waals surface area contributed by atoms with Crippen LogP contribution in [0.2, 0.25) is 0 Å². The number of amides is 1. The van der Waals surface area contributed by atoms with Gasteiger partial charge in [-0.25, -0.2) is 0 Å². The predicted molar refractivity (Wildman–Crippen MR) is 73.9 cm³/mol. The van der Waals surface area contributed by atoms with Crippen LogP contribution in [0.4, 0.5) is 0 Å². The molecular weight excluding hydrogens is 250 g/mol. The van der Waals surface area contributed by atoms with Gasteiger partial charge in [0.1, 0.15) is 5.75 Å². The Bertz CT molecular complexity index is 283.